The van der Waals surface area contributed by atoms with Gasteiger partial charge in [-0.05, 0) is 61.6 Å². The first kappa shape index (κ1) is 16.7. The molecular weight excluding hydrogens is 326 g/mol. The monoisotopic (exact) mass is 345 g/mol. The number of hydrogen-bond donors (Lipinski definition) is 0. The number of aromatic nitrogens is 2. The summed E-state index contributed by atoms with van der Waals surface area (Å²) < 4.78 is 5.79. The molecular formula is C18H20ClN3O2. The van der Waals surface area contributed by atoms with Crippen LogP contribution < -0.4 is 9.64 Å². The van der Waals surface area contributed by atoms with E-state index in [2.05, 4.69) is 15.1 Å². The zero-order valence-corrected chi connectivity index (χ0v) is 14.2. The smallest absolute Gasteiger partial charge is 0.151 e. The van der Waals surface area contributed by atoms with Gasteiger partial charge >= 0.3 is 0 Å². The molecule has 1 aromatic heterocycles. The zero-order valence-electron chi connectivity index (χ0n) is 13.4. The average molecular weight is 346 g/mol. The van der Waals surface area contributed by atoms with E-state index in [-0.39, 0.29) is 0 Å². The molecule has 0 spiro atoms. The molecule has 3 rings (SSSR count). The summed E-state index contributed by atoms with van der Waals surface area (Å²) in [7, 11) is 0. The van der Waals surface area contributed by atoms with Crippen LogP contribution in [0.15, 0.2) is 36.4 Å². The Hall–Kier alpha value is -2.14. The number of carbonyl (C=O) groups is 1. The van der Waals surface area contributed by atoms with E-state index in [1.54, 1.807) is 18.2 Å². The maximum Gasteiger partial charge on any atom is 0.151 e. The van der Waals surface area contributed by atoms with Crippen LogP contribution in [0.3, 0.4) is 0 Å². The van der Waals surface area contributed by atoms with E-state index < -0.39 is 0 Å². The Labute approximate surface area is 146 Å². The first-order valence-electron chi connectivity index (χ1n) is 8.17. The van der Waals surface area contributed by atoms with Gasteiger partial charge in [-0.1, -0.05) is 11.6 Å². The molecule has 0 bridgehead atoms. The molecule has 6 heteroatoms. The van der Waals surface area contributed by atoms with Gasteiger partial charge in [0.1, 0.15) is 12.0 Å². The number of rotatable bonds is 6. The van der Waals surface area contributed by atoms with Crippen molar-refractivity contribution >= 4 is 23.7 Å². The van der Waals surface area contributed by atoms with Gasteiger partial charge in [-0.3, -0.25) is 4.79 Å². The summed E-state index contributed by atoms with van der Waals surface area (Å²) in [5.41, 5.74) is 0.661. The highest BCUT2D eigenvalue weighted by Gasteiger charge is 2.21. The number of piperidine rings is 1. The van der Waals surface area contributed by atoms with Crippen LogP contribution in [0.5, 0.6) is 5.75 Å². The fraction of sp³-hybridized carbons (Fsp3) is 0.389. The first-order chi connectivity index (χ1) is 11.7. The highest BCUT2D eigenvalue weighted by atomic mass is 35.5. The van der Waals surface area contributed by atoms with E-state index in [9.17, 15) is 4.79 Å². The Morgan fingerprint density at radius 3 is 2.75 bits per heavy atom. The highest BCUT2D eigenvalue weighted by Crippen LogP contribution is 2.24. The third-order valence-electron chi connectivity index (χ3n) is 4.27. The van der Waals surface area contributed by atoms with Crippen LogP contribution in [0.25, 0.3) is 0 Å². The Morgan fingerprint density at radius 2 is 2.04 bits per heavy atom. The van der Waals surface area contributed by atoms with Crippen molar-refractivity contribution < 1.29 is 9.53 Å². The van der Waals surface area contributed by atoms with Gasteiger partial charge in [0.25, 0.3) is 0 Å². The number of anilines is 1. The number of aldehydes is 1. The van der Waals surface area contributed by atoms with Crippen molar-refractivity contribution in [3.05, 3.63) is 47.1 Å². The van der Waals surface area contributed by atoms with Crippen molar-refractivity contribution in [1.82, 2.24) is 10.2 Å². The summed E-state index contributed by atoms with van der Waals surface area (Å²) in [6.07, 6.45) is 4.17. The van der Waals surface area contributed by atoms with Crippen molar-refractivity contribution in [2.45, 2.75) is 19.3 Å². The molecule has 1 unspecified atom stereocenters. The Balaban J connectivity index is 1.48. The van der Waals surface area contributed by atoms with Gasteiger partial charge < -0.3 is 9.64 Å². The van der Waals surface area contributed by atoms with Gasteiger partial charge in [-0.15, -0.1) is 10.2 Å². The number of ether oxygens (including phenoxy) is 1. The third kappa shape index (κ3) is 4.45. The zero-order chi connectivity index (χ0) is 16.8. The molecule has 0 saturated carbocycles. The minimum Gasteiger partial charge on any atom is -0.494 e. The molecule has 126 valence electrons. The number of halogens is 1. The lowest BCUT2D eigenvalue weighted by Crippen LogP contribution is -2.36. The molecule has 2 heterocycles. The summed E-state index contributed by atoms with van der Waals surface area (Å²) >= 11 is 5.80. The van der Waals surface area contributed by atoms with Crippen molar-refractivity contribution in [2.75, 3.05) is 24.6 Å². The molecule has 1 saturated heterocycles. The molecule has 1 fully saturated rings. The molecule has 1 aromatic carbocycles. The second-order valence-corrected chi connectivity index (χ2v) is 6.38. The quantitative estimate of drug-likeness (QED) is 0.748. The molecule has 24 heavy (non-hydrogen) atoms. The minimum atomic E-state index is 0.418. The van der Waals surface area contributed by atoms with E-state index in [1.807, 2.05) is 18.2 Å². The Bertz CT molecular complexity index is 661. The summed E-state index contributed by atoms with van der Waals surface area (Å²) in [4.78, 5) is 12.9. The second-order valence-electron chi connectivity index (χ2n) is 5.99. The van der Waals surface area contributed by atoms with Crippen LogP contribution in [-0.4, -0.2) is 36.2 Å². The lowest BCUT2D eigenvalue weighted by atomic mass is 9.95. The number of hydrogen-bond acceptors (Lipinski definition) is 5. The normalized spacial score (nSPS) is 17.5. The molecule has 0 N–H and O–H groups in total. The first-order valence-corrected chi connectivity index (χ1v) is 8.54. The maximum atomic E-state index is 10.6. The third-order valence-corrected chi connectivity index (χ3v) is 4.47. The van der Waals surface area contributed by atoms with E-state index in [1.165, 1.54) is 6.42 Å². The molecule has 0 radical (unpaired) electrons. The molecule has 1 atom stereocenters. The summed E-state index contributed by atoms with van der Waals surface area (Å²) in [6.45, 7) is 2.63. The van der Waals surface area contributed by atoms with Gasteiger partial charge in [-0.25, -0.2) is 0 Å². The molecule has 2 aromatic rings. The van der Waals surface area contributed by atoms with Gasteiger partial charge in [0.05, 0.1) is 6.61 Å². The van der Waals surface area contributed by atoms with Gasteiger partial charge in [0.15, 0.2) is 11.0 Å². The van der Waals surface area contributed by atoms with Crippen LogP contribution >= 0.6 is 11.6 Å². The van der Waals surface area contributed by atoms with Gasteiger partial charge in [0, 0.05) is 18.7 Å². The van der Waals surface area contributed by atoms with Gasteiger partial charge in [0.2, 0.25) is 0 Å². The predicted octanol–water partition coefficient (Wildman–Crippen LogP) is 3.63. The topological polar surface area (TPSA) is 55.3 Å². The fourth-order valence-corrected chi connectivity index (χ4v) is 3.07. The summed E-state index contributed by atoms with van der Waals surface area (Å²) in [5, 5.41) is 8.50. The maximum absolute atomic E-state index is 10.6. The fourth-order valence-electron chi connectivity index (χ4n) is 2.97. The number of benzene rings is 1. The van der Waals surface area contributed by atoms with Crippen molar-refractivity contribution in [1.29, 1.82) is 0 Å². The SMILES string of the molecule is O=Cc1ccc(OCCC2CCCN(c3ccc(Cl)nn3)C2)cc1. The average Bonchev–Trinajstić information content (AvgIpc) is 2.63. The van der Waals surface area contributed by atoms with Crippen LogP contribution in [0.4, 0.5) is 5.82 Å². The van der Waals surface area contributed by atoms with Crippen LogP contribution in [-0.2, 0) is 0 Å². The lowest BCUT2D eigenvalue weighted by Gasteiger charge is -2.33. The van der Waals surface area contributed by atoms with E-state index in [4.69, 9.17) is 16.3 Å². The number of nitrogens with zero attached hydrogens (tertiary/aromatic N) is 3. The molecule has 0 amide bonds. The predicted molar refractivity (Wildman–Crippen MR) is 93.9 cm³/mol. The standard InChI is InChI=1S/C18H20ClN3O2/c19-17-7-8-18(21-20-17)22-10-1-2-14(12-22)9-11-24-16-5-3-15(13-23)4-6-16/h3-8,13-14H,1-2,9-12H2. The molecule has 1 aliphatic heterocycles. The highest BCUT2D eigenvalue weighted by molar-refractivity contribution is 6.29. The summed E-state index contributed by atoms with van der Waals surface area (Å²) in [5.74, 6) is 2.26. The van der Waals surface area contributed by atoms with Crippen LogP contribution in [0, 0.1) is 5.92 Å². The largest absolute Gasteiger partial charge is 0.494 e. The van der Waals surface area contributed by atoms with Gasteiger partial charge in [-0.2, -0.15) is 0 Å². The van der Waals surface area contributed by atoms with Crippen LogP contribution in [0.2, 0.25) is 5.15 Å². The minimum absolute atomic E-state index is 0.418. The molecule has 5 nitrogen and oxygen atoms in total. The molecule has 0 aliphatic carbocycles. The van der Waals surface area contributed by atoms with E-state index in [0.29, 0.717) is 23.2 Å². The Morgan fingerprint density at radius 1 is 1.21 bits per heavy atom. The summed E-state index contributed by atoms with van der Waals surface area (Å²) in [6, 6.07) is 10.9. The van der Waals surface area contributed by atoms with Crippen LogP contribution in [0.1, 0.15) is 29.6 Å². The van der Waals surface area contributed by atoms with Crippen molar-refractivity contribution in [3.8, 4) is 5.75 Å². The lowest BCUT2D eigenvalue weighted by molar-refractivity contribution is 0.112. The molecule has 1 aliphatic rings. The van der Waals surface area contributed by atoms with E-state index in [0.717, 1.165) is 43.8 Å². The van der Waals surface area contributed by atoms with Crippen molar-refractivity contribution in [3.63, 3.8) is 0 Å². The second kappa shape index (κ2) is 8.11. The van der Waals surface area contributed by atoms with E-state index >= 15 is 0 Å². The van der Waals surface area contributed by atoms with Crippen molar-refractivity contribution in [2.24, 2.45) is 5.92 Å². The number of carbonyl (C=O) groups excluding carboxylic acids is 1. The Kier molecular flexibility index (Phi) is 5.64.